The van der Waals surface area contributed by atoms with Crippen LogP contribution in [0, 0.1) is 0 Å². The number of hydrazone groups is 1. The van der Waals surface area contributed by atoms with Gasteiger partial charge >= 0.3 is 0 Å². The zero-order valence-corrected chi connectivity index (χ0v) is 14.4. The fraction of sp³-hybridized carbons (Fsp3) is 0.375. The minimum atomic E-state index is -0.379. The molecule has 8 heteroatoms. The number of rotatable bonds is 5. The van der Waals surface area contributed by atoms with E-state index in [1.165, 1.54) is 0 Å². The molecule has 0 aliphatic carbocycles. The van der Waals surface area contributed by atoms with Crippen LogP contribution in [0.25, 0.3) is 0 Å². The SMILES string of the molecule is COc1ccc(OC)c(/C=N/Nc2nnc(C(C)(C)C)c(=O)[nH]2)c1. The second-order valence-corrected chi connectivity index (χ2v) is 6.08. The van der Waals surface area contributed by atoms with Crippen LogP contribution in [0.1, 0.15) is 32.0 Å². The van der Waals surface area contributed by atoms with E-state index in [9.17, 15) is 4.79 Å². The monoisotopic (exact) mass is 331 g/mol. The van der Waals surface area contributed by atoms with E-state index in [0.717, 1.165) is 0 Å². The molecule has 0 radical (unpaired) electrons. The summed E-state index contributed by atoms with van der Waals surface area (Å²) in [7, 11) is 3.15. The number of ether oxygens (including phenoxy) is 2. The number of H-pyrrole nitrogens is 1. The molecule has 0 saturated heterocycles. The zero-order valence-electron chi connectivity index (χ0n) is 14.4. The van der Waals surface area contributed by atoms with Crippen molar-refractivity contribution in [2.24, 2.45) is 5.10 Å². The van der Waals surface area contributed by atoms with Gasteiger partial charge in [0.15, 0.2) is 0 Å². The van der Waals surface area contributed by atoms with Gasteiger partial charge in [-0.25, -0.2) is 5.43 Å². The lowest BCUT2D eigenvalue weighted by Gasteiger charge is -2.15. The third-order valence-electron chi connectivity index (χ3n) is 3.22. The lowest BCUT2D eigenvalue weighted by Crippen LogP contribution is -2.28. The number of hydrogen-bond donors (Lipinski definition) is 2. The van der Waals surface area contributed by atoms with Crippen LogP contribution in [-0.2, 0) is 5.41 Å². The average molecular weight is 331 g/mol. The van der Waals surface area contributed by atoms with E-state index < -0.39 is 0 Å². The molecule has 0 amide bonds. The van der Waals surface area contributed by atoms with Gasteiger partial charge in [-0.15, -0.1) is 10.2 Å². The van der Waals surface area contributed by atoms with E-state index in [1.807, 2.05) is 20.8 Å². The number of nitrogens with zero attached hydrogens (tertiary/aromatic N) is 3. The molecule has 2 rings (SSSR count). The summed E-state index contributed by atoms with van der Waals surface area (Å²) in [5, 5.41) is 11.9. The number of anilines is 1. The topological polar surface area (TPSA) is 101 Å². The van der Waals surface area contributed by atoms with Gasteiger partial charge in [-0.2, -0.15) is 5.10 Å². The molecule has 2 N–H and O–H groups in total. The van der Waals surface area contributed by atoms with Crippen LogP contribution < -0.4 is 20.5 Å². The quantitative estimate of drug-likeness (QED) is 0.641. The highest BCUT2D eigenvalue weighted by Gasteiger charge is 2.20. The van der Waals surface area contributed by atoms with Crippen molar-refractivity contribution in [1.29, 1.82) is 0 Å². The Morgan fingerprint density at radius 2 is 1.96 bits per heavy atom. The molecule has 0 aliphatic rings. The van der Waals surface area contributed by atoms with Gasteiger partial charge in [0, 0.05) is 11.0 Å². The Morgan fingerprint density at radius 3 is 2.54 bits per heavy atom. The molecule has 0 aliphatic heterocycles. The van der Waals surface area contributed by atoms with Crippen molar-refractivity contribution in [1.82, 2.24) is 15.2 Å². The minimum absolute atomic E-state index is 0.158. The Hall–Kier alpha value is -2.90. The van der Waals surface area contributed by atoms with Crippen LogP contribution in [0.4, 0.5) is 5.95 Å². The van der Waals surface area contributed by atoms with Crippen molar-refractivity contribution >= 4 is 12.2 Å². The van der Waals surface area contributed by atoms with E-state index in [2.05, 4.69) is 25.7 Å². The van der Waals surface area contributed by atoms with Gasteiger partial charge in [0.25, 0.3) is 5.56 Å². The lowest BCUT2D eigenvalue weighted by atomic mass is 9.93. The summed E-state index contributed by atoms with van der Waals surface area (Å²) in [6.45, 7) is 5.69. The lowest BCUT2D eigenvalue weighted by molar-refractivity contribution is 0.402. The second kappa shape index (κ2) is 7.12. The van der Waals surface area contributed by atoms with Crippen LogP contribution >= 0.6 is 0 Å². The summed E-state index contributed by atoms with van der Waals surface area (Å²) >= 11 is 0. The minimum Gasteiger partial charge on any atom is -0.497 e. The summed E-state index contributed by atoms with van der Waals surface area (Å²) in [5.74, 6) is 1.48. The van der Waals surface area contributed by atoms with Gasteiger partial charge in [-0.1, -0.05) is 20.8 Å². The van der Waals surface area contributed by atoms with Gasteiger partial charge in [0.05, 0.1) is 20.4 Å². The van der Waals surface area contributed by atoms with E-state index in [-0.39, 0.29) is 16.9 Å². The molecule has 128 valence electrons. The molecule has 0 bridgehead atoms. The number of benzene rings is 1. The second-order valence-electron chi connectivity index (χ2n) is 6.08. The van der Waals surface area contributed by atoms with Crippen molar-refractivity contribution in [2.45, 2.75) is 26.2 Å². The number of aromatic amines is 1. The van der Waals surface area contributed by atoms with Crippen LogP contribution in [0.5, 0.6) is 11.5 Å². The molecule has 0 fully saturated rings. The molecule has 24 heavy (non-hydrogen) atoms. The highest BCUT2D eigenvalue weighted by Crippen LogP contribution is 2.22. The first-order chi connectivity index (χ1) is 11.3. The molecule has 0 saturated carbocycles. The maximum absolute atomic E-state index is 12.0. The van der Waals surface area contributed by atoms with Crippen LogP contribution in [0.3, 0.4) is 0 Å². The summed E-state index contributed by atoms with van der Waals surface area (Å²) < 4.78 is 10.4. The average Bonchev–Trinajstić information content (AvgIpc) is 2.53. The van der Waals surface area contributed by atoms with Crippen molar-refractivity contribution in [3.63, 3.8) is 0 Å². The number of nitrogens with one attached hydrogen (secondary N) is 2. The Balaban J connectivity index is 2.18. The van der Waals surface area contributed by atoms with Gasteiger partial charge < -0.3 is 9.47 Å². The number of methoxy groups -OCH3 is 2. The first-order valence-electron chi connectivity index (χ1n) is 7.33. The van der Waals surface area contributed by atoms with Crippen LogP contribution in [0.2, 0.25) is 0 Å². The maximum atomic E-state index is 12.0. The molecular formula is C16H21N5O3. The third-order valence-corrected chi connectivity index (χ3v) is 3.22. The van der Waals surface area contributed by atoms with Crippen LogP contribution in [-0.4, -0.2) is 35.6 Å². The smallest absolute Gasteiger partial charge is 0.274 e. The first kappa shape index (κ1) is 17.5. The predicted octanol–water partition coefficient (Wildman–Crippen LogP) is 1.93. The molecule has 0 atom stereocenters. The predicted molar refractivity (Wildman–Crippen MR) is 92.1 cm³/mol. The normalized spacial score (nSPS) is 11.5. The molecule has 0 unspecified atom stereocenters. The number of hydrogen-bond acceptors (Lipinski definition) is 7. The molecule has 1 heterocycles. The van der Waals surface area contributed by atoms with Crippen molar-refractivity contribution in [2.75, 3.05) is 19.6 Å². The molecule has 1 aromatic heterocycles. The Kier molecular flexibility index (Phi) is 5.18. The van der Waals surface area contributed by atoms with E-state index in [1.54, 1.807) is 38.6 Å². The molecule has 0 spiro atoms. The van der Waals surface area contributed by atoms with Crippen molar-refractivity contribution in [3.05, 3.63) is 39.8 Å². The largest absolute Gasteiger partial charge is 0.497 e. The van der Waals surface area contributed by atoms with Crippen LogP contribution in [0.15, 0.2) is 28.1 Å². The van der Waals surface area contributed by atoms with Gasteiger partial charge in [0.2, 0.25) is 5.95 Å². The van der Waals surface area contributed by atoms with Crippen molar-refractivity contribution in [3.8, 4) is 11.5 Å². The maximum Gasteiger partial charge on any atom is 0.274 e. The Labute approximate surface area is 139 Å². The summed E-state index contributed by atoms with van der Waals surface area (Å²) in [6, 6.07) is 5.35. The Bertz CT molecular complexity index is 793. The fourth-order valence-corrected chi connectivity index (χ4v) is 1.98. The zero-order chi connectivity index (χ0) is 17.7. The molecular weight excluding hydrogens is 310 g/mol. The van der Waals surface area contributed by atoms with Crippen molar-refractivity contribution < 1.29 is 9.47 Å². The molecule has 2 aromatic rings. The molecule has 1 aromatic carbocycles. The number of aromatic nitrogens is 3. The standard InChI is InChI=1S/C16H21N5O3/c1-16(2,3)13-14(22)18-15(21-19-13)20-17-9-10-8-11(23-4)6-7-12(10)24-5/h6-9H,1-5H3,(H2,18,20,21,22)/b17-9+. The van der Waals surface area contributed by atoms with E-state index >= 15 is 0 Å². The van der Waals surface area contributed by atoms with E-state index in [4.69, 9.17) is 9.47 Å². The summed E-state index contributed by atoms with van der Waals surface area (Å²) in [4.78, 5) is 14.6. The van der Waals surface area contributed by atoms with Gasteiger partial charge in [0.1, 0.15) is 17.2 Å². The highest BCUT2D eigenvalue weighted by atomic mass is 16.5. The Morgan fingerprint density at radius 1 is 1.21 bits per heavy atom. The molecule has 8 nitrogen and oxygen atoms in total. The first-order valence-corrected chi connectivity index (χ1v) is 7.33. The van der Waals surface area contributed by atoms with E-state index in [0.29, 0.717) is 22.8 Å². The summed E-state index contributed by atoms with van der Waals surface area (Å²) in [6.07, 6.45) is 1.54. The van der Waals surface area contributed by atoms with Gasteiger partial charge in [-0.05, 0) is 18.2 Å². The summed E-state index contributed by atoms with van der Waals surface area (Å²) in [5.41, 5.74) is 3.05. The fourth-order valence-electron chi connectivity index (χ4n) is 1.98. The van der Waals surface area contributed by atoms with Gasteiger partial charge in [-0.3, -0.25) is 9.78 Å². The highest BCUT2D eigenvalue weighted by molar-refractivity contribution is 5.84. The third kappa shape index (κ3) is 4.09.